The van der Waals surface area contributed by atoms with Crippen molar-refractivity contribution in [1.82, 2.24) is 5.32 Å². The standard InChI is InChI=1S/C28H36N2O12/c1-14-20(26(35)39-11-12-40-28-25(34)24(33)23(32)19(13-31)42-28)22(17-9-5-6-10-18(17)30(37)38)21(15(2)29-14)27(36)41-16-7-3-4-8-16/h5-6,9-10,16,19,22-25,28-29,31-34H,3-4,7-8,11-13H2,1-2H3/t19-,22?,23-,24+,25-,28-/m1/s1. The van der Waals surface area contributed by atoms with Crippen molar-refractivity contribution in [2.45, 2.75) is 82.3 Å². The summed E-state index contributed by atoms with van der Waals surface area (Å²) in [5.41, 5.74) is 0.583. The minimum atomic E-state index is -1.63. The molecule has 2 aliphatic heterocycles. The minimum Gasteiger partial charge on any atom is -0.460 e. The van der Waals surface area contributed by atoms with Crippen LogP contribution in [-0.4, -0.2) is 93.9 Å². The van der Waals surface area contributed by atoms with Gasteiger partial charge < -0.3 is 44.7 Å². The first-order valence-corrected chi connectivity index (χ1v) is 13.8. The molecule has 0 bridgehead atoms. The third-order valence-electron chi connectivity index (χ3n) is 7.67. The van der Waals surface area contributed by atoms with E-state index in [4.69, 9.17) is 18.9 Å². The number of rotatable bonds is 10. The summed E-state index contributed by atoms with van der Waals surface area (Å²) < 4.78 is 21.8. The summed E-state index contributed by atoms with van der Waals surface area (Å²) in [5, 5.41) is 54.3. The summed E-state index contributed by atoms with van der Waals surface area (Å²) in [6.07, 6.45) is -4.43. The number of carbonyl (C=O) groups is 2. The second kappa shape index (κ2) is 13.7. The van der Waals surface area contributed by atoms with Crippen molar-refractivity contribution in [3.8, 4) is 0 Å². The maximum Gasteiger partial charge on any atom is 0.337 e. The number of benzene rings is 1. The Hall–Kier alpha value is -3.40. The Morgan fingerprint density at radius 3 is 2.29 bits per heavy atom. The molecular weight excluding hydrogens is 556 g/mol. The van der Waals surface area contributed by atoms with Gasteiger partial charge in [-0.2, -0.15) is 0 Å². The van der Waals surface area contributed by atoms with Crippen molar-refractivity contribution in [3.05, 3.63) is 62.5 Å². The average Bonchev–Trinajstić information content (AvgIpc) is 3.47. The van der Waals surface area contributed by atoms with Gasteiger partial charge in [-0.3, -0.25) is 10.1 Å². The van der Waals surface area contributed by atoms with E-state index in [0.717, 1.165) is 12.8 Å². The number of nitrogens with one attached hydrogen (secondary N) is 1. The highest BCUT2D eigenvalue weighted by atomic mass is 16.7. The molecule has 1 saturated heterocycles. The van der Waals surface area contributed by atoms with Crippen molar-refractivity contribution in [1.29, 1.82) is 0 Å². The van der Waals surface area contributed by atoms with Crippen molar-refractivity contribution >= 4 is 17.6 Å². The molecule has 0 amide bonds. The summed E-state index contributed by atoms with van der Waals surface area (Å²) in [4.78, 5) is 38.4. The number of allylic oxidation sites excluding steroid dienone is 2. The molecule has 0 spiro atoms. The van der Waals surface area contributed by atoms with Gasteiger partial charge in [0.05, 0.1) is 35.2 Å². The quantitative estimate of drug-likeness (QED) is 0.110. The molecule has 1 saturated carbocycles. The molecule has 0 aromatic heterocycles. The van der Waals surface area contributed by atoms with E-state index in [1.165, 1.54) is 18.2 Å². The molecule has 42 heavy (non-hydrogen) atoms. The van der Waals surface area contributed by atoms with Crippen LogP contribution in [0.3, 0.4) is 0 Å². The van der Waals surface area contributed by atoms with Crippen LogP contribution in [0.15, 0.2) is 46.8 Å². The van der Waals surface area contributed by atoms with Gasteiger partial charge in [0.15, 0.2) is 6.29 Å². The first-order valence-electron chi connectivity index (χ1n) is 13.8. The van der Waals surface area contributed by atoms with Crippen molar-refractivity contribution < 1.29 is 53.9 Å². The molecule has 2 heterocycles. The first-order chi connectivity index (χ1) is 20.0. The number of hydrogen-bond donors (Lipinski definition) is 5. The molecule has 4 rings (SSSR count). The Bertz CT molecular complexity index is 1240. The third-order valence-corrected chi connectivity index (χ3v) is 7.67. The monoisotopic (exact) mass is 592 g/mol. The number of dihydropyridines is 1. The van der Waals surface area contributed by atoms with Crippen LogP contribution >= 0.6 is 0 Å². The van der Waals surface area contributed by atoms with Gasteiger partial charge in [0.25, 0.3) is 5.69 Å². The molecule has 3 aliphatic rings. The highest BCUT2D eigenvalue weighted by Gasteiger charge is 2.44. The number of hydrogen-bond acceptors (Lipinski definition) is 13. The van der Waals surface area contributed by atoms with Crippen LogP contribution in [0.2, 0.25) is 0 Å². The fraction of sp³-hybridized carbons (Fsp3) is 0.571. The predicted molar refractivity (Wildman–Crippen MR) is 143 cm³/mol. The molecule has 230 valence electrons. The number of ether oxygens (including phenoxy) is 4. The average molecular weight is 593 g/mol. The van der Waals surface area contributed by atoms with Gasteiger partial charge in [-0.15, -0.1) is 0 Å². The first kappa shape index (κ1) is 31.5. The number of nitrogens with zero attached hydrogens (tertiary/aromatic N) is 1. The highest BCUT2D eigenvalue weighted by molar-refractivity contribution is 6.00. The molecule has 5 N–H and O–H groups in total. The minimum absolute atomic E-state index is 0.0267. The van der Waals surface area contributed by atoms with E-state index in [1.54, 1.807) is 19.9 Å². The third kappa shape index (κ3) is 6.64. The fourth-order valence-electron chi connectivity index (χ4n) is 5.55. The lowest BCUT2D eigenvalue weighted by molar-refractivity contribution is -0.385. The normalized spacial score (nSPS) is 28.4. The van der Waals surface area contributed by atoms with Crippen LogP contribution in [0.4, 0.5) is 5.69 Å². The Balaban J connectivity index is 1.55. The molecule has 1 aromatic carbocycles. The number of nitro groups is 1. The van der Waals surface area contributed by atoms with E-state index in [0.29, 0.717) is 24.2 Å². The molecule has 2 fully saturated rings. The lowest BCUT2D eigenvalue weighted by Crippen LogP contribution is -2.59. The van der Waals surface area contributed by atoms with E-state index < -0.39 is 60.1 Å². The SMILES string of the molecule is CC1=C(C(=O)OCCO[C@@H]2O[C@H](CO)[C@@H](O)[C@H](O)[C@H]2O)C(c2ccccc2[N+](=O)[O-])C(C(=O)OC2CCCC2)=C(C)N1. The van der Waals surface area contributed by atoms with Crippen LogP contribution < -0.4 is 5.32 Å². The summed E-state index contributed by atoms with van der Waals surface area (Å²) >= 11 is 0. The van der Waals surface area contributed by atoms with Crippen molar-refractivity contribution in [3.63, 3.8) is 0 Å². The van der Waals surface area contributed by atoms with Gasteiger partial charge in [0, 0.05) is 23.0 Å². The lowest BCUT2D eigenvalue weighted by atomic mass is 9.79. The summed E-state index contributed by atoms with van der Waals surface area (Å²) in [7, 11) is 0. The van der Waals surface area contributed by atoms with Gasteiger partial charge in [0.2, 0.25) is 0 Å². The van der Waals surface area contributed by atoms with Crippen LogP contribution in [0.25, 0.3) is 0 Å². The van der Waals surface area contributed by atoms with Gasteiger partial charge in [-0.05, 0) is 39.5 Å². The number of carbonyl (C=O) groups excluding carboxylic acids is 2. The smallest absolute Gasteiger partial charge is 0.337 e. The maximum atomic E-state index is 13.5. The van der Waals surface area contributed by atoms with E-state index in [2.05, 4.69) is 5.32 Å². The molecule has 0 radical (unpaired) electrons. The lowest BCUT2D eigenvalue weighted by Gasteiger charge is -2.39. The largest absolute Gasteiger partial charge is 0.460 e. The Labute approximate surface area is 241 Å². The van der Waals surface area contributed by atoms with Crippen molar-refractivity contribution in [2.24, 2.45) is 0 Å². The van der Waals surface area contributed by atoms with Crippen LogP contribution in [-0.2, 0) is 28.5 Å². The van der Waals surface area contributed by atoms with Gasteiger partial charge in [-0.25, -0.2) is 9.59 Å². The number of aliphatic hydroxyl groups excluding tert-OH is 4. The van der Waals surface area contributed by atoms with E-state index in [9.17, 15) is 40.1 Å². The second-order valence-electron chi connectivity index (χ2n) is 10.5. The van der Waals surface area contributed by atoms with E-state index in [1.807, 2.05) is 0 Å². The fourth-order valence-corrected chi connectivity index (χ4v) is 5.55. The molecule has 1 aromatic rings. The van der Waals surface area contributed by atoms with E-state index in [-0.39, 0.29) is 41.7 Å². The molecule has 1 aliphatic carbocycles. The Morgan fingerprint density at radius 1 is 1.00 bits per heavy atom. The zero-order valence-corrected chi connectivity index (χ0v) is 23.3. The summed E-state index contributed by atoms with van der Waals surface area (Å²) in [6.45, 7) is 1.92. The van der Waals surface area contributed by atoms with Crippen LogP contribution in [0.5, 0.6) is 0 Å². The van der Waals surface area contributed by atoms with Gasteiger partial charge >= 0.3 is 11.9 Å². The molecule has 6 atom stereocenters. The van der Waals surface area contributed by atoms with Gasteiger partial charge in [0.1, 0.15) is 37.1 Å². The highest BCUT2D eigenvalue weighted by Crippen LogP contribution is 2.43. The number of esters is 2. The Kier molecular flexibility index (Phi) is 10.3. The summed E-state index contributed by atoms with van der Waals surface area (Å²) in [6, 6.07) is 5.83. The molecular formula is C28H36N2O12. The zero-order chi connectivity index (χ0) is 30.6. The second-order valence-corrected chi connectivity index (χ2v) is 10.5. The van der Waals surface area contributed by atoms with E-state index >= 15 is 0 Å². The molecule has 14 heteroatoms. The van der Waals surface area contributed by atoms with Crippen molar-refractivity contribution in [2.75, 3.05) is 19.8 Å². The number of para-hydroxylation sites is 1. The van der Waals surface area contributed by atoms with Crippen LogP contribution in [0, 0.1) is 10.1 Å². The predicted octanol–water partition coefficient (Wildman–Crippen LogP) is 0.675. The topological polar surface area (TPSA) is 207 Å². The molecule has 1 unspecified atom stereocenters. The van der Waals surface area contributed by atoms with Crippen LogP contribution in [0.1, 0.15) is 51.0 Å². The van der Waals surface area contributed by atoms with Gasteiger partial charge in [-0.1, -0.05) is 18.2 Å². The zero-order valence-electron chi connectivity index (χ0n) is 23.3. The number of aliphatic hydroxyl groups is 4. The summed E-state index contributed by atoms with van der Waals surface area (Å²) in [5.74, 6) is -2.72. The molecule has 14 nitrogen and oxygen atoms in total. The Morgan fingerprint density at radius 2 is 1.64 bits per heavy atom. The number of nitro benzene ring substituents is 1. The maximum absolute atomic E-state index is 13.5.